The molecule has 8 aromatic carbocycles. The molecule has 0 unspecified atom stereocenters. The third-order valence-electron chi connectivity index (χ3n) is 11.8. The number of para-hydroxylation sites is 5. The lowest BCUT2D eigenvalue weighted by Gasteiger charge is -2.12. The molecule has 0 aliphatic heterocycles. The number of benzene rings is 8. The molecule has 4 aromatic heterocycles. The Morgan fingerprint density at radius 1 is 0.365 bits per heavy atom. The van der Waals surface area contributed by atoms with Gasteiger partial charge in [0, 0.05) is 66.4 Å². The van der Waals surface area contributed by atoms with Gasteiger partial charge in [0.15, 0.2) is 17.5 Å². The van der Waals surface area contributed by atoms with Gasteiger partial charge in [-0.05, 0) is 123 Å². The van der Waals surface area contributed by atoms with Crippen LogP contribution in [-0.4, -0.2) is 28.7 Å². The van der Waals surface area contributed by atoms with Crippen LogP contribution in [-0.2, 0) is 0 Å². The van der Waals surface area contributed by atoms with Crippen molar-refractivity contribution in [3.8, 4) is 51.2 Å². The topological polar surface area (TPSA) is 53.5 Å². The predicted octanol–water partition coefficient (Wildman–Crippen LogP) is 14.5. The minimum atomic E-state index is 0.617. The van der Waals surface area contributed by atoms with Crippen molar-refractivity contribution in [1.29, 1.82) is 0 Å². The van der Waals surface area contributed by atoms with E-state index < -0.39 is 0 Å². The summed E-state index contributed by atoms with van der Waals surface area (Å²) in [5.41, 5.74) is 13.1. The molecule has 300 valence electrons. The number of nitrogens with zero attached hydrogens (tertiary/aromatic N) is 6. The fraction of sp³-hybridized carbons (Fsp3) is 0.0351. The first-order valence-corrected chi connectivity index (χ1v) is 21.3. The first-order chi connectivity index (χ1) is 31.1. The van der Waals surface area contributed by atoms with Crippen LogP contribution in [0.3, 0.4) is 0 Å². The van der Waals surface area contributed by atoms with E-state index in [-0.39, 0.29) is 0 Å². The molecule has 0 radical (unpaired) electrons. The Balaban J connectivity index is 0.00000144. The number of fused-ring (bicyclic) bond motifs is 7. The third kappa shape index (κ3) is 6.48. The summed E-state index contributed by atoms with van der Waals surface area (Å²) in [4.78, 5) is 15.4. The van der Waals surface area contributed by atoms with Gasteiger partial charge in [-0.15, -0.1) is 6.58 Å². The quantitative estimate of drug-likeness (QED) is 0.157. The fourth-order valence-corrected chi connectivity index (χ4v) is 9.08. The van der Waals surface area contributed by atoms with Crippen molar-refractivity contribution in [1.82, 2.24) is 28.7 Å². The van der Waals surface area contributed by atoms with Crippen molar-refractivity contribution in [2.24, 2.45) is 0 Å². The maximum Gasteiger partial charge on any atom is 0.164 e. The van der Waals surface area contributed by atoms with Gasteiger partial charge >= 0.3 is 0 Å². The molecule has 0 amide bonds. The minimum Gasteiger partial charge on any atom is -0.314 e. The summed E-state index contributed by atoms with van der Waals surface area (Å²) < 4.78 is 6.95. The Hall–Kier alpha value is -8.35. The van der Waals surface area contributed by atoms with E-state index in [1.54, 1.807) is 6.08 Å². The molecule has 6 nitrogen and oxygen atoms in total. The van der Waals surface area contributed by atoms with Gasteiger partial charge in [-0.3, -0.25) is 0 Å². The minimum absolute atomic E-state index is 0.617. The van der Waals surface area contributed by atoms with Crippen molar-refractivity contribution in [3.63, 3.8) is 0 Å². The number of allylic oxidation sites excluding steroid dienone is 1. The summed E-state index contributed by atoms with van der Waals surface area (Å²) in [5, 5.41) is 6.16. The number of aromatic nitrogens is 6. The zero-order chi connectivity index (χ0) is 42.4. The normalized spacial score (nSPS) is 11.4. The van der Waals surface area contributed by atoms with Crippen LogP contribution in [0.5, 0.6) is 0 Å². The summed E-state index contributed by atoms with van der Waals surface area (Å²) in [6.07, 6.45) is 1.75. The van der Waals surface area contributed by atoms with E-state index in [0.717, 1.165) is 33.8 Å². The number of hydrogen-bond acceptors (Lipinski definition) is 3. The van der Waals surface area contributed by atoms with Gasteiger partial charge < -0.3 is 13.7 Å². The maximum absolute atomic E-state index is 5.15. The van der Waals surface area contributed by atoms with Gasteiger partial charge in [0.1, 0.15) is 0 Å². The van der Waals surface area contributed by atoms with E-state index in [0.29, 0.717) is 17.5 Å². The Morgan fingerprint density at radius 3 is 1.00 bits per heavy atom. The summed E-state index contributed by atoms with van der Waals surface area (Å²) in [7, 11) is 0. The van der Waals surface area contributed by atoms with E-state index in [9.17, 15) is 0 Å². The first kappa shape index (κ1) is 37.6. The number of rotatable bonds is 6. The van der Waals surface area contributed by atoms with Crippen molar-refractivity contribution < 1.29 is 0 Å². The lowest BCUT2D eigenvalue weighted by molar-refractivity contribution is 1.05. The molecule has 0 saturated carbocycles. The SMILES string of the molecule is C=CC.Cc1cc2ccccc2n1-c1ccc(-c2nc(-c3ccc(-n4c5ccccc5c5ccccc54)cc3)nc(-c3ccc(-n4c5ccccc5c5ccccc54)cc3)n2)cc1. The molecule has 6 heteroatoms. The molecule has 0 bridgehead atoms. The first-order valence-electron chi connectivity index (χ1n) is 21.3. The van der Waals surface area contributed by atoms with Crippen LogP contribution < -0.4 is 0 Å². The van der Waals surface area contributed by atoms with Crippen molar-refractivity contribution in [2.75, 3.05) is 0 Å². The molecule has 0 N–H and O–H groups in total. The molecule has 12 aromatic rings. The average molecular weight is 811 g/mol. The highest BCUT2D eigenvalue weighted by molar-refractivity contribution is 6.10. The molecule has 0 spiro atoms. The van der Waals surface area contributed by atoms with E-state index in [1.165, 1.54) is 60.2 Å². The molecule has 12 rings (SSSR count). The lowest BCUT2D eigenvalue weighted by Crippen LogP contribution is -2.01. The van der Waals surface area contributed by atoms with Crippen molar-refractivity contribution >= 4 is 54.5 Å². The highest BCUT2D eigenvalue weighted by atomic mass is 15.0. The van der Waals surface area contributed by atoms with E-state index >= 15 is 0 Å². The van der Waals surface area contributed by atoms with Crippen molar-refractivity contribution in [2.45, 2.75) is 13.8 Å². The Kier molecular flexibility index (Phi) is 9.32. The highest BCUT2D eigenvalue weighted by Gasteiger charge is 2.17. The summed E-state index contributed by atoms with van der Waals surface area (Å²) in [6.45, 7) is 7.40. The number of hydrogen-bond donors (Lipinski definition) is 0. The average Bonchev–Trinajstić information content (AvgIpc) is 3.98. The summed E-state index contributed by atoms with van der Waals surface area (Å²) in [6, 6.07) is 70.7. The lowest BCUT2D eigenvalue weighted by atomic mass is 10.1. The van der Waals surface area contributed by atoms with Crippen LogP contribution in [0.25, 0.3) is 106 Å². The smallest absolute Gasteiger partial charge is 0.164 e. The van der Waals surface area contributed by atoms with Crippen LogP contribution >= 0.6 is 0 Å². The second-order valence-electron chi connectivity index (χ2n) is 15.8. The van der Waals surface area contributed by atoms with Gasteiger partial charge in [-0.2, -0.15) is 0 Å². The van der Waals surface area contributed by atoms with E-state index in [1.807, 2.05) is 6.92 Å². The monoisotopic (exact) mass is 810 g/mol. The van der Waals surface area contributed by atoms with Gasteiger partial charge in [0.2, 0.25) is 0 Å². The van der Waals surface area contributed by atoms with Gasteiger partial charge in [-0.25, -0.2) is 15.0 Å². The van der Waals surface area contributed by atoms with E-state index in [4.69, 9.17) is 15.0 Å². The van der Waals surface area contributed by atoms with Gasteiger partial charge in [0.25, 0.3) is 0 Å². The highest BCUT2D eigenvalue weighted by Crippen LogP contribution is 2.35. The summed E-state index contributed by atoms with van der Waals surface area (Å²) >= 11 is 0. The standard InChI is InChI=1S/C54H36N6.C3H6/c1-35-34-39-12-2-7-17-47(39)58(35)40-28-22-36(23-29-40)52-55-53(37-24-30-41(31-25-37)59-48-18-8-3-13-43(48)44-14-4-9-19-49(44)59)57-54(56-52)38-26-32-42(33-27-38)60-50-20-10-5-15-45(50)46-16-6-11-21-51(46)60;1-3-2/h2-34H,1H3;3H,1H2,2H3. The molecule has 0 atom stereocenters. The number of aryl methyl sites for hydroxylation is 1. The van der Waals surface area contributed by atoms with Crippen molar-refractivity contribution in [3.05, 3.63) is 219 Å². The van der Waals surface area contributed by atoms with E-state index in [2.05, 4.69) is 227 Å². The Labute approximate surface area is 365 Å². The Morgan fingerprint density at radius 2 is 0.651 bits per heavy atom. The second kappa shape index (κ2) is 15.6. The largest absolute Gasteiger partial charge is 0.314 e. The fourth-order valence-electron chi connectivity index (χ4n) is 9.08. The zero-order valence-corrected chi connectivity index (χ0v) is 35.0. The Bertz CT molecular complexity index is 3360. The van der Waals surface area contributed by atoms with Crippen LogP contribution in [0.4, 0.5) is 0 Å². The van der Waals surface area contributed by atoms with Crippen LogP contribution in [0.2, 0.25) is 0 Å². The molecular weight excluding hydrogens is 769 g/mol. The molecule has 0 saturated heterocycles. The van der Waals surface area contributed by atoms with Crippen LogP contribution in [0.1, 0.15) is 12.6 Å². The third-order valence-corrected chi connectivity index (χ3v) is 11.8. The maximum atomic E-state index is 5.15. The van der Waals surface area contributed by atoms with Gasteiger partial charge in [0.05, 0.1) is 27.6 Å². The summed E-state index contributed by atoms with van der Waals surface area (Å²) in [5.74, 6) is 1.85. The molecule has 0 aliphatic carbocycles. The molecule has 0 aliphatic rings. The molecule has 0 fully saturated rings. The molecular formula is C57H42N6. The second-order valence-corrected chi connectivity index (χ2v) is 15.8. The van der Waals surface area contributed by atoms with Crippen LogP contribution in [0, 0.1) is 6.92 Å². The predicted molar refractivity (Wildman–Crippen MR) is 262 cm³/mol. The molecule has 4 heterocycles. The zero-order valence-electron chi connectivity index (χ0n) is 35.0. The van der Waals surface area contributed by atoms with Crippen LogP contribution in [0.15, 0.2) is 213 Å². The van der Waals surface area contributed by atoms with Gasteiger partial charge in [-0.1, -0.05) is 97.1 Å². The molecule has 63 heavy (non-hydrogen) atoms.